The van der Waals surface area contributed by atoms with Crippen molar-refractivity contribution in [1.29, 1.82) is 0 Å². The third-order valence-electron chi connectivity index (χ3n) is 7.42. The molecule has 0 radical (unpaired) electrons. The van der Waals surface area contributed by atoms with Crippen LogP contribution in [0.1, 0.15) is 29.5 Å². The Bertz CT molecular complexity index is 1220. The molecule has 2 heterocycles. The van der Waals surface area contributed by atoms with Crippen molar-refractivity contribution in [3.63, 3.8) is 0 Å². The van der Waals surface area contributed by atoms with Crippen molar-refractivity contribution >= 4 is 21.8 Å². The number of hydrogen-bond donors (Lipinski definition) is 0. The van der Waals surface area contributed by atoms with E-state index in [1.165, 1.54) is 14.8 Å². The predicted molar refractivity (Wildman–Crippen MR) is 131 cm³/mol. The SMILES string of the molecule is COc1ccc(CCN2C(=O)C[C@H](N3CCN(S(=O)(=O)c4ccc5c(c4)CCC5)CC3)C2=O)cc1. The maximum Gasteiger partial charge on any atom is 0.247 e. The quantitative estimate of drug-likeness (QED) is 0.543. The van der Waals surface area contributed by atoms with E-state index in [4.69, 9.17) is 4.74 Å². The summed E-state index contributed by atoms with van der Waals surface area (Å²) in [6, 6.07) is 12.6. The van der Waals surface area contributed by atoms with Crippen LogP contribution in [0.4, 0.5) is 0 Å². The molecule has 2 saturated heterocycles. The van der Waals surface area contributed by atoms with Gasteiger partial charge in [-0.3, -0.25) is 19.4 Å². The Balaban J connectivity index is 1.18. The topological polar surface area (TPSA) is 87.2 Å². The summed E-state index contributed by atoms with van der Waals surface area (Å²) in [5, 5.41) is 0. The van der Waals surface area contributed by atoms with Crippen molar-refractivity contribution in [2.24, 2.45) is 0 Å². The van der Waals surface area contributed by atoms with Crippen LogP contribution >= 0.6 is 0 Å². The zero-order chi connectivity index (χ0) is 24.6. The average Bonchev–Trinajstić information content (AvgIpc) is 3.46. The average molecular weight is 498 g/mol. The summed E-state index contributed by atoms with van der Waals surface area (Å²) in [5.74, 6) is 0.416. The first-order valence-electron chi connectivity index (χ1n) is 12.2. The Kier molecular flexibility index (Phi) is 6.65. The van der Waals surface area contributed by atoms with Gasteiger partial charge in [-0.2, -0.15) is 4.31 Å². The molecule has 0 unspecified atom stereocenters. The molecule has 1 atom stereocenters. The molecule has 0 bridgehead atoms. The van der Waals surface area contributed by atoms with E-state index < -0.39 is 16.1 Å². The monoisotopic (exact) mass is 497 g/mol. The van der Waals surface area contributed by atoms with E-state index in [1.807, 2.05) is 41.3 Å². The lowest BCUT2D eigenvalue weighted by Gasteiger charge is -2.36. The molecule has 5 rings (SSSR count). The van der Waals surface area contributed by atoms with Gasteiger partial charge in [0.2, 0.25) is 21.8 Å². The number of sulfonamides is 1. The maximum atomic E-state index is 13.2. The van der Waals surface area contributed by atoms with E-state index in [1.54, 1.807) is 13.2 Å². The zero-order valence-electron chi connectivity index (χ0n) is 20.0. The Labute approximate surface area is 206 Å². The zero-order valence-corrected chi connectivity index (χ0v) is 20.8. The van der Waals surface area contributed by atoms with E-state index in [9.17, 15) is 18.0 Å². The van der Waals surface area contributed by atoms with Gasteiger partial charge in [0.25, 0.3) is 0 Å². The smallest absolute Gasteiger partial charge is 0.247 e. The number of hydrogen-bond acceptors (Lipinski definition) is 6. The van der Waals surface area contributed by atoms with Crippen molar-refractivity contribution in [1.82, 2.24) is 14.1 Å². The van der Waals surface area contributed by atoms with Crippen LogP contribution in [0.3, 0.4) is 0 Å². The molecule has 0 saturated carbocycles. The first-order valence-corrected chi connectivity index (χ1v) is 13.6. The molecule has 2 fully saturated rings. The van der Waals surface area contributed by atoms with Crippen LogP contribution in [0.15, 0.2) is 47.4 Å². The van der Waals surface area contributed by atoms with Gasteiger partial charge in [0, 0.05) is 32.7 Å². The minimum absolute atomic E-state index is 0.152. The van der Waals surface area contributed by atoms with Crippen LogP contribution in [0.2, 0.25) is 0 Å². The van der Waals surface area contributed by atoms with Gasteiger partial charge in [-0.05, 0) is 66.6 Å². The number of aryl methyl sites for hydroxylation is 2. The Hall–Kier alpha value is -2.75. The standard InChI is InChI=1S/C26H31N3O5S/c1-34-22-8-5-19(6-9-22)11-12-29-25(30)18-24(26(29)31)27-13-15-28(16-14-27)35(32,33)23-10-7-20-3-2-4-21(20)17-23/h5-10,17,24H,2-4,11-16,18H2,1H3/t24-/m0/s1. The number of piperazine rings is 1. The Morgan fingerprint density at radius 2 is 1.66 bits per heavy atom. The molecule has 2 amide bonds. The lowest BCUT2D eigenvalue weighted by molar-refractivity contribution is -0.139. The number of benzene rings is 2. The van der Waals surface area contributed by atoms with E-state index >= 15 is 0 Å². The van der Waals surface area contributed by atoms with Crippen molar-refractivity contribution < 1.29 is 22.7 Å². The van der Waals surface area contributed by atoms with Gasteiger partial charge in [-0.15, -0.1) is 0 Å². The van der Waals surface area contributed by atoms with Gasteiger partial charge < -0.3 is 4.74 Å². The van der Waals surface area contributed by atoms with Gasteiger partial charge >= 0.3 is 0 Å². The van der Waals surface area contributed by atoms with Crippen molar-refractivity contribution in [2.75, 3.05) is 39.8 Å². The van der Waals surface area contributed by atoms with Crippen LogP contribution < -0.4 is 4.74 Å². The van der Waals surface area contributed by atoms with Gasteiger partial charge in [0.15, 0.2) is 0 Å². The fraction of sp³-hybridized carbons (Fsp3) is 0.462. The van der Waals surface area contributed by atoms with Crippen LogP contribution in [-0.2, 0) is 38.9 Å². The molecule has 9 heteroatoms. The molecule has 2 aromatic carbocycles. The van der Waals surface area contributed by atoms with Gasteiger partial charge in [-0.25, -0.2) is 8.42 Å². The molecule has 0 N–H and O–H groups in total. The Morgan fingerprint density at radius 1 is 0.943 bits per heavy atom. The molecule has 2 aliphatic heterocycles. The number of ether oxygens (including phenoxy) is 1. The third-order valence-corrected chi connectivity index (χ3v) is 9.32. The molecule has 3 aliphatic rings. The number of imide groups is 1. The number of likely N-dealkylation sites (tertiary alicyclic amines) is 1. The summed E-state index contributed by atoms with van der Waals surface area (Å²) in [7, 11) is -1.96. The highest BCUT2D eigenvalue weighted by Gasteiger charge is 2.43. The van der Waals surface area contributed by atoms with Crippen molar-refractivity contribution in [3.05, 3.63) is 59.2 Å². The fourth-order valence-corrected chi connectivity index (χ4v) is 6.81. The maximum absolute atomic E-state index is 13.2. The lowest BCUT2D eigenvalue weighted by atomic mass is 10.1. The molecule has 1 aliphatic carbocycles. The predicted octanol–water partition coefficient (Wildman–Crippen LogP) is 1.86. The van der Waals surface area contributed by atoms with Crippen LogP contribution in [0.25, 0.3) is 0 Å². The van der Waals surface area contributed by atoms with Crippen molar-refractivity contribution in [3.8, 4) is 5.75 Å². The normalized spacial score (nSPS) is 21.5. The molecule has 8 nitrogen and oxygen atoms in total. The molecule has 186 valence electrons. The first kappa shape index (κ1) is 24.0. The lowest BCUT2D eigenvalue weighted by Crippen LogP contribution is -2.53. The summed E-state index contributed by atoms with van der Waals surface area (Å²) >= 11 is 0. The molecule has 0 aromatic heterocycles. The van der Waals surface area contributed by atoms with Crippen LogP contribution in [-0.4, -0.2) is 80.2 Å². The van der Waals surface area contributed by atoms with E-state index in [0.717, 1.165) is 36.1 Å². The summed E-state index contributed by atoms with van der Waals surface area (Å²) < 4.78 is 33.1. The van der Waals surface area contributed by atoms with Gasteiger partial charge in [0.05, 0.1) is 24.5 Å². The highest BCUT2D eigenvalue weighted by Crippen LogP contribution is 2.28. The van der Waals surface area contributed by atoms with Gasteiger partial charge in [-0.1, -0.05) is 18.2 Å². The number of nitrogens with zero attached hydrogens (tertiary/aromatic N) is 3. The number of fused-ring (bicyclic) bond motifs is 1. The summed E-state index contributed by atoms with van der Waals surface area (Å²) in [6.45, 7) is 1.82. The van der Waals surface area contributed by atoms with E-state index in [0.29, 0.717) is 44.0 Å². The summed E-state index contributed by atoms with van der Waals surface area (Å²) in [5.41, 5.74) is 3.41. The molecule has 2 aromatic rings. The van der Waals surface area contributed by atoms with Crippen molar-refractivity contribution in [2.45, 2.75) is 43.0 Å². The van der Waals surface area contributed by atoms with Crippen LogP contribution in [0, 0.1) is 0 Å². The minimum Gasteiger partial charge on any atom is -0.497 e. The second kappa shape index (κ2) is 9.72. The molecule has 35 heavy (non-hydrogen) atoms. The number of rotatable bonds is 7. The Morgan fingerprint density at radius 3 is 2.37 bits per heavy atom. The number of carbonyl (C=O) groups is 2. The van der Waals surface area contributed by atoms with Gasteiger partial charge in [0.1, 0.15) is 5.75 Å². The minimum atomic E-state index is -3.57. The number of carbonyl (C=O) groups excluding carboxylic acids is 2. The first-order chi connectivity index (χ1) is 16.9. The summed E-state index contributed by atoms with van der Waals surface area (Å²) in [6.07, 6.45) is 3.75. The third kappa shape index (κ3) is 4.72. The highest BCUT2D eigenvalue weighted by molar-refractivity contribution is 7.89. The highest BCUT2D eigenvalue weighted by atomic mass is 32.2. The second-order valence-corrected chi connectivity index (χ2v) is 11.4. The molecular formula is C26H31N3O5S. The van der Waals surface area contributed by atoms with E-state index in [2.05, 4.69) is 0 Å². The molecule has 0 spiro atoms. The second-order valence-electron chi connectivity index (χ2n) is 9.43. The van der Waals surface area contributed by atoms with E-state index in [-0.39, 0.29) is 18.2 Å². The fourth-order valence-electron chi connectivity index (χ4n) is 5.33. The number of amides is 2. The largest absolute Gasteiger partial charge is 0.497 e. The molecular weight excluding hydrogens is 466 g/mol. The summed E-state index contributed by atoms with van der Waals surface area (Å²) in [4.78, 5) is 29.3. The van der Waals surface area contributed by atoms with Crippen LogP contribution in [0.5, 0.6) is 5.75 Å². The number of methoxy groups -OCH3 is 1.